The fraction of sp³-hybridized carbons (Fsp3) is 0.0833. The molecular formula is C12H11FN2. The molecule has 2 rings (SSSR count). The molecule has 0 aliphatic carbocycles. The van der Waals surface area contributed by atoms with Crippen LogP contribution < -0.4 is 5.73 Å². The molecule has 1 heterocycles. The number of aryl methyl sites for hydroxylation is 1. The van der Waals surface area contributed by atoms with Crippen LogP contribution in [0.3, 0.4) is 0 Å². The number of anilines is 1. The summed E-state index contributed by atoms with van der Waals surface area (Å²) >= 11 is 0. The Bertz CT molecular complexity index is 495. The SMILES string of the molecule is Cc1ncccc1-c1ccc(N)c(F)c1. The second-order valence-electron chi connectivity index (χ2n) is 3.37. The molecule has 1 aromatic heterocycles. The number of pyridine rings is 1. The van der Waals surface area contributed by atoms with E-state index in [1.54, 1.807) is 18.3 Å². The van der Waals surface area contributed by atoms with Crippen LogP contribution in [0.1, 0.15) is 5.69 Å². The third kappa shape index (κ3) is 1.81. The molecule has 1 aromatic carbocycles. The largest absolute Gasteiger partial charge is 0.396 e. The summed E-state index contributed by atoms with van der Waals surface area (Å²) in [5, 5.41) is 0. The normalized spacial score (nSPS) is 10.3. The lowest BCUT2D eigenvalue weighted by Crippen LogP contribution is -1.92. The van der Waals surface area contributed by atoms with Crippen molar-refractivity contribution in [2.45, 2.75) is 6.92 Å². The monoisotopic (exact) mass is 202 g/mol. The number of hydrogen-bond donors (Lipinski definition) is 1. The number of nitrogens with zero attached hydrogens (tertiary/aromatic N) is 1. The van der Waals surface area contributed by atoms with Crippen LogP contribution in [0.25, 0.3) is 11.1 Å². The first-order chi connectivity index (χ1) is 7.18. The van der Waals surface area contributed by atoms with E-state index in [1.165, 1.54) is 6.07 Å². The minimum Gasteiger partial charge on any atom is -0.396 e. The number of rotatable bonds is 1. The maximum atomic E-state index is 13.3. The Morgan fingerprint density at radius 1 is 1.27 bits per heavy atom. The fourth-order valence-corrected chi connectivity index (χ4v) is 1.48. The van der Waals surface area contributed by atoms with Gasteiger partial charge in [-0.25, -0.2) is 4.39 Å². The van der Waals surface area contributed by atoms with Crippen LogP contribution in [0.5, 0.6) is 0 Å². The van der Waals surface area contributed by atoms with E-state index in [2.05, 4.69) is 4.98 Å². The Morgan fingerprint density at radius 2 is 2.07 bits per heavy atom. The molecule has 2 nitrogen and oxygen atoms in total. The predicted molar refractivity (Wildman–Crippen MR) is 58.8 cm³/mol. The van der Waals surface area contributed by atoms with Crippen molar-refractivity contribution in [3.8, 4) is 11.1 Å². The zero-order valence-corrected chi connectivity index (χ0v) is 8.37. The standard InChI is InChI=1S/C12H11FN2/c1-8-10(3-2-6-15-8)9-4-5-12(14)11(13)7-9/h2-7H,14H2,1H3. The van der Waals surface area contributed by atoms with Gasteiger partial charge in [0.15, 0.2) is 0 Å². The van der Waals surface area contributed by atoms with Crippen LogP contribution in [0.2, 0.25) is 0 Å². The highest BCUT2D eigenvalue weighted by atomic mass is 19.1. The van der Waals surface area contributed by atoms with Gasteiger partial charge >= 0.3 is 0 Å². The fourth-order valence-electron chi connectivity index (χ4n) is 1.48. The van der Waals surface area contributed by atoms with Crippen molar-refractivity contribution in [3.63, 3.8) is 0 Å². The second-order valence-corrected chi connectivity index (χ2v) is 3.37. The summed E-state index contributed by atoms with van der Waals surface area (Å²) in [5.41, 5.74) is 8.18. The van der Waals surface area contributed by atoms with Crippen molar-refractivity contribution in [1.29, 1.82) is 0 Å². The summed E-state index contributed by atoms with van der Waals surface area (Å²) in [4.78, 5) is 4.15. The van der Waals surface area contributed by atoms with Crippen LogP contribution in [0, 0.1) is 12.7 Å². The van der Waals surface area contributed by atoms with Gasteiger partial charge in [-0.05, 0) is 30.7 Å². The van der Waals surface area contributed by atoms with Crippen LogP contribution >= 0.6 is 0 Å². The summed E-state index contributed by atoms with van der Waals surface area (Å²) < 4.78 is 13.3. The van der Waals surface area contributed by atoms with Crippen LogP contribution in [0.4, 0.5) is 10.1 Å². The molecule has 0 amide bonds. The van der Waals surface area contributed by atoms with Crippen molar-refractivity contribution in [2.75, 3.05) is 5.73 Å². The Hall–Kier alpha value is -1.90. The van der Waals surface area contributed by atoms with Crippen molar-refractivity contribution in [2.24, 2.45) is 0 Å². The van der Waals surface area contributed by atoms with Gasteiger partial charge in [0.25, 0.3) is 0 Å². The van der Waals surface area contributed by atoms with E-state index in [0.29, 0.717) is 0 Å². The van der Waals surface area contributed by atoms with Crippen molar-refractivity contribution < 1.29 is 4.39 Å². The first-order valence-electron chi connectivity index (χ1n) is 4.65. The molecule has 3 heteroatoms. The molecule has 2 N–H and O–H groups in total. The second kappa shape index (κ2) is 3.69. The van der Waals surface area contributed by atoms with Gasteiger partial charge in [-0.1, -0.05) is 12.1 Å². The van der Waals surface area contributed by atoms with Crippen molar-refractivity contribution in [1.82, 2.24) is 4.98 Å². The molecule has 0 bridgehead atoms. The molecule has 0 fully saturated rings. The zero-order valence-electron chi connectivity index (χ0n) is 8.37. The minimum atomic E-state index is -0.393. The summed E-state index contributed by atoms with van der Waals surface area (Å²) in [5.74, 6) is -0.393. The molecule has 15 heavy (non-hydrogen) atoms. The van der Waals surface area contributed by atoms with Crippen molar-refractivity contribution in [3.05, 3.63) is 48.0 Å². The molecule has 0 radical (unpaired) electrons. The quantitative estimate of drug-likeness (QED) is 0.722. The maximum Gasteiger partial charge on any atom is 0.146 e. The highest BCUT2D eigenvalue weighted by Gasteiger charge is 2.04. The predicted octanol–water partition coefficient (Wildman–Crippen LogP) is 2.78. The number of halogens is 1. The van der Waals surface area contributed by atoms with E-state index < -0.39 is 5.82 Å². The van der Waals surface area contributed by atoms with E-state index in [-0.39, 0.29) is 5.69 Å². The number of nitrogen functional groups attached to an aromatic ring is 1. The van der Waals surface area contributed by atoms with Crippen LogP contribution in [-0.2, 0) is 0 Å². The van der Waals surface area contributed by atoms with Gasteiger partial charge in [0.05, 0.1) is 5.69 Å². The Morgan fingerprint density at radius 3 is 2.73 bits per heavy atom. The Kier molecular flexibility index (Phi) is 2.37. The number of benzene rings is 1. The summed E-state index contributed by atoms with van der Waals surface area (Å²) in [6.07, 6.45) is 1.71. The van der Waals surface area contributed by atoms with Gasteiger partial charge in [0, 0.05) is 17.5 Å². The van der Waals surface area contributed by atoms with E-state index in [0.717, 1.165) is 16.8 Å². The average Bonchev–Trinajstić information content (AvgIpc) is 2.23. The third-order valence-corrected chi connectivity index (χ3v) is 2.32. The molecule has 0 atom stereocenters. The van der Waals surface area contributed by atoms with E-state index in [9.17, 15) is 4.39 Å². The molecule has 0 saturated carbocycles. The van der Waals surface area contributed by atoms with Gasteiger partial charge in [-0.15, -0.1) is 0 Å². The maximum absolute atomic E-state index is 13.3. The van der Waals surface area contributed by atoms with Gasteiger partial charge in [-0.3, -0.25) is 4.98 Å². The molecule has 2 aromatic rings. The first-order valence-corrected chi connectivity index (χ1v) is 4.65. The van der Waals surface area contributed by atoms with Crippen LogP contribution in [-0.4, -0.2) is 4.98 Å². The molecule has 76 valence electrons. The van der Waals surface area contributed by atoms with E-state index in [4.69, 9.17) is 5.73 Å². The summed E-state index contributed by atoms with van der Waals surface area (Å²) in [6.45, 7) is 1.89. The molecule has 0 aliphatic heterocycles. The summed E-state index contributed by atoms with van der Waals surface area (Å²) in [7, 11) is 0. The van der Waals surface area contributed by atoms with Gasteiger partial charge in [0.1, 0.15) is 5.82 Å². The van der Waals surface area contributed by atoms with Gasteiger partial charge in [0.2, 0.25) is 0 Å². The highest BCUT2D eigenvalue weighted by Crippen LogP contribution is 2.24. The zero-order chi connectivity index (χ0) is 10.8. The smallest absolute Gasteiger partial charge is 0.146 e. The summed E-state index contributed by atoms with van der Waals surface area (Å²) in [6, 6.07) is 8.53. The average molecular weight is 202 g/mol. The molecule has 0 unspecified atom stereocenters. The van der Waals surface area contributed by atoms with Crippen LogP contribution in [0.15, 0.2) is 36.5 Å². The third-order valence-electron chi connectivity index (χ3n) is 2.32. The Balaban J connectivity index is 2.55. The molecule has 0 saturated heterocycles. The van der Waals surface area contributed by atoms with Gasteiger partial charge in [-0.2, -0.15) is 0 Å². The van der Waals surface area contributed by atoms with E-state index in [1.807, 2.05) is 19.1 Å². The molecular weight excluding hydrogens is 191 g/mol. The first kappa shape index (κ1) is 9.65. The van der Waals surface area contributed by atoms with Gasteiger partial charge < -0.3 is 5.73 Å². The molecule has 0 aliphatic rings. The topological polar surface area (TPSA) is 38.9 Å². The number of nitrogens with two attached hydrogens (primary N) is 1. The lowest BCUT2D eigenvalue weighted by Gasteiger charge is -2.05. The lowest BCUT2D eigenvalue weighted by molar-refractivity contribution is 0.633. The minimum absolute atomic E-state index is 0.167. The van der Waals surface area contributed by atoms with E-state index >= 15 is 0 Å². The lowest BCUT2D eigenvalue weighted by atomic mass is 10.0. The Labute approximate surface area is 87.6 Å². The molecule has 0 spiro atoms. The number of aromatic nitrogens is 1. The van der Waals surface area contributed by atoms with Crippen molar-refractivity contribution >= 4 is 5.69 Å². The highest BCUT2D eigenvalue weighted by molar-refractivity contribution is 5.67. The number of hydrogen-bond acceptors (Lipinski definition) is 2.